The molecule has 51 heavy (non-hydrogen) atoms. The quantitative estimate of drug-likeness (QED) is 0.152. The van der Waals surface area contributed by atoms with Gasteiger partial charge in [0, 0.05) is 45.3 Å². The van der Waals surface area contributed by atoms with Gasteiger partial charge in [-0.2, -0.15) is 0 Å². The van der Waals surface area contributed by atoms with Crippen molar-refractivity contribution in [2.45, 2.75) is 122 Å². The Bertz CT molecular complexity index is 1210. The zero-order valence-corrected chi connectivity index (χ0v) is 33.7. The van der Waals surface area contributed by atoms with Crippen molar-refractivity contribution in [1.29, 1.82) is 0 Å². The van der Waals surface area contributed by atoms with E-state index in [-0.39, 0.29) is 71.9 Å². The fourth-order valence-corrected chi connectivity index (χ4v) is 8.23. The summed E-state index contributed by atoms with van der Waals surface area (Å²) in [5, 5.41) is 15.4. The molecule has 1 fully saturated rings. The number of aliphatic hydroxyl groups excluding tert-OH is 1. The third-order valence-corrected chi connectivity index (χ3v) is 11.3. The molecule has 7 unspecified atom stereocenters. The van der Waals surface area contributed by atoms with Crippen molar-refractivity contribution >= 4 is 35.4 Å². The van der Waals surface area contributed by atoms with Gasteiger partial charge in [0.25, 0.3) is 0 Å². The highest BCUT2D eigenvalue weighted by Crippen LogP contribution is 2.27. The number of carbonyl (C=O) groups is 4. The number of ether oxygens (including phenoxy) is 1. The van der Waals surface area contributed by atoms with Crippen molar-refractivity contribution in [1.82, 2.24) is 25.3 Å². The maximum Gasteiger partial charge on any atom is 0.245 e. The van der Waals surface area contributed by atoms with Crippen molar-refractivity contribution in [2.75, 3.05) is 47.2 Å². The number of nitrogens with one attached hydrogen (secondary N) is 2. The van der Waals surface area contributed by atoms with Crippen LogP contribution < -0.4 is 10.6 Å². The van der Waals surface area contributed by atoms with Gasteiger partial charge in [-0.15, -0.1) is 11.8 Å². The van der Waals surface area contributed by atoms with Crippen LogP contribution in [0, 0.1) is 17.8 Å². The van der Waals surface area contributed by atoms with Gasteiger partial charge >= 0.3 is 0 Å². The van der Waals surface area contributed by atoms with E-state index in [0.29, 0.717) is 31.6 Å². The lowest BCUT2D eigenvalue weighted by Crippen LogP contribution is -2.59. The van der Waals surface area contributed by atoms with E-state index in [1.54, 1.807) is 19.1 Å². The number of hydrogen-bond donors (Lipinski definition) is 3. The summed E-state index contributed by atoms with van der Waals surface area (Å²) in [7, 11) is 7.07. The summed E-state index contributed by atoms with van der Waals surface area (Å²) in [6.45, 7) is 12.6. The van der Waals surface area contributed by atoms with Crippen LogP contribution >= 0.6 is 11.8 Å². The van der Waals surface area contributed by atoms with Crippen LogP contribution in [-0.2, 0) is 30.3 Å². The average molecular weight is 734 g/mol. The number of amides is 4. The van der Waals surface area contributed by atoms with E-state index in [2.05, 4.69) is 24.5 Å². The van der Waals surface area contributed by atoms with E-state index in [4.69, 9.17) is 4.74 Å². The normalized spacial score (nSPS) is 18.3. The molecule has 0 radical (unpaired) electrons. The van der Waals surface area contributed by atoms with Crippen LogP contribution in [0.3, 0.4) is 0 Å². The summed E-state index contributed by atoms with van der Waals surface area (Å²) in [4.78, 5) is 60.0. The second-order valence-electron chi connectivity index (χ2n) is 14.9. The summed E-state index contributed by atoms with van der Waals surface area (Å²) in [5.74, 6) is -0.0223. The molecule has 1 heterocycles. The van der Waals surface area contributed by atoms with Crippen molar-refractivity contribution in [3.8, 4) is 0 Å². The smallest absolute Gasteiger partial charge is 0.245 e. The first-order valence-electron chi connectivity index (χ1n) is 18.8. The maximum atomic E-state index is 14.1. The second-order valence-corrected chi connectivity index (χ2v) is 16.3. The molecule has 290 valence electrons. The molecule has 11 nitrogen and oxygen atoms in total. The standard InChI is InChI=1S/C39H67N5O6S/c1-11-28(6)37(43(9)39(49)35(26(2)3)41-38(48)36(27(4)5)42(7)8)31(50-10)25-34(47)44-21-15-18-30(44)19-20-32(46)40-33(51-23-22-45)24-29-16-13-12-14-17-29/h12-14,16-17,26-28,30-31,33,35-37,45H,11,15,18-25H2,1-10H3,(H,40,46)(H,41,48). The van der Waals surface area contributed by atoms with Gasteiger partial charge in [0.05, 0.1) is 36.6 Å². The molecule has 1 aliphatic rings. The Balaban J connectivity index is 2.13. The zero-order valence-electron chi connectivity index (χ0n) is 32.9. The molecule has 0 aliphatic carbocycles. The predicted molar refractivity (Wildman–Crippen MR) is 206 cm³/mol. The Morgan fingerprint density at radius 3 is 2.24 bits per heavy atom. The van der Waals surface area contributed by atoms with E-state index in [1.807, 2.05) is 81.9 Å². The number of methoxy groups -OCH3 is 1. The molecule has 4 amide bonds. The molecule has 7 atom stereocenters. The third kappa shape index (κ3) is 13.7. The molecule has 12 heteroatoms. The van der Waals surface area contributed by atoms with Crippen LogP contribution in [0.5, 0.6) is 0 Å². The SMILES string of the molecule is CCC(C)C(C(CC(=O)N1CCCC1CCC(=O)NC(Cc1ccccc1)SCCO)OC)N(C)C(=O)C(NC(=O)C(C(C)C)N(C)C)C(C)C. The lowest BCUT2D eigenvalue weighted by Gasteiger charge is -2.40. The number of rotatable bonds is 22. The van der Waals surface area contributed by atoms with Crippen LogP contribution in [0.4, 0.5) is 0 Å². The summed E-state index contributed by atoms with van der Waals surface area (Å²) in [6.07, 6.45) is 3.55. The number of likely N-dealkylation sites (N-methyl/N-ethyl adjacent to an activating group) is 2. The first-order chi connectivity index (χ1) is 24.2. The monoisotopic (exact) mass is 733 g/mol. The van der Waals surface area contributed by atoms with Gasteiger partial charge in [0.2, 0.25) is 23.6 Å². The Kier molecular flexibility index (Phi) is 19.5. The molecular weight excluding hydrogens is 667 g/mol. The number of thioether (sulfide) groups is 1. The Morgan fingerprint density at radius 2 is 1.69 bits per heavy atom. The highest BCUT2D eigenvalue weighted by Gasteiger charge is 2.40. The lowest BCUT2D eigenvalue weighted by atomic mass is 9.89. The molecule has 1 aromatic carbocycles. The molecular formula is C39H67N5O6S. The Hall–Kier alpha value is -2.67. The van der Waals surface area contributed by atoms with Gasteiger partial charge in [-0.25, -0.2) is 0 Å². The molecule has 1 saturated heterocycles. The number of benzene rings is 1. The van der Waals surface area contributed by atoms with Gasteiger partial charge in [-0.1, -0.05) is 78.3 Å². The predicted octanol–water partition coefficient (Wildman–Crippen LogP) is 4.17. The van der Waals surface area contributed by atoms with Crippen LogP contribution in [0.1, 0.15) is 85.6 Å². The highest BCUT2D eigenvalue weighted by atomic mass is 32.2. The van der Waals surface area contributed by atoms with Crippen LogP contribution in [0.25, 0.3) is 0 Å². The fraction of sp³-hybridized carbons (Fsp3) is 0.744. The van der Waals surface area contributed by atoms with E-state index < -0.39 is 18.2 Å². The van der Waals surface area contributed by atoms with Gasteiger partial charge < -0.3 is 30.3 Å². The molecule has 0 spiro atoms. The van der Waals surface area contributed by atoms with Crippen molar-refractivity contribution in [2.24, 2.45) is 17.8 Å². The second kappa shape index (κ2) is 22.4. The van der Waals surface area contributed by atoms with Gasteiger partial charge in [0.1, 0.15) is 6.04 Å². The van der Waals surface area contributed by atoms with Gasteiger partial charge in [-0.3, -0.25) is 24.1 Å². The maximum absolute atomic E-state index is 14.1. The first-order valence-corrected chi connectivity index (χ1v) is 19.8. The van der Waals surface area contributed by atoms with E-state index in [0.717, 1.165) is 24.8 Å². The highest BCUT2D eigenvalue weighted by molar-refractivity contribution is 7.99. The molecule has 0 saturated carbocycles. The van der Waals surface area contributed by atoms with E-state index in [9.17, 15) is 24.3 Å². The fourth-order valence-electron chi connectivity index (χ4n) is 7.31. The molecule has 1 aliphatic heterocycles. The molecule has 2 rings (SSSR count). The molecule has 3 N–H and O–H groups in total. The van der Waals surface area contributed by atoms with Crippen molar-refractivity contribution in [3.05, 3.63) is 35.9 Å². The Labute approximate surface area is 312 Å². The summed E-state index contributed by atoms with van der Waals surface area (Å²) in [6, 6.07) is 8.42. The lowest BCUT2D eigenvalue weighted by molar-refractivity contribution is -0.146. The average Bonchev–Trinajstić information content (AvgIpc) is 3.56. The number of hydrogen-bond acceptors (Lipinski definition) is 8. The minimum Gasteiger partial charge on any atom is -0.396 e. The summed E-state index contributed by atoms with van der Waals surface area (Å²) in [5.41, 5.74) is 1.12. The number of nitrogens with zero attached hydrogens (tertiary/aromatic N) is 3. The molecule has 0 bridgehead atoms. The topological polar surface area (TPSA) is 132 Å². The van der Waals surface area contributed by atoms with E-state index >= 15 is 0 Å². The minimum absolute atomic E-state index is 0.0241. The Morgan fingerprint density at radius 1 is 1.02 bits per heavy atom. The number of likely N-dealkylation sites (tertiary alicyclic amines) is 1. The van der Waals surface area contributed by atoms with Gasteiger partial charge in [0.15, 0.2) is 0 Å². The summed E-state index contributed by atoms with van der Waals surface area (Å²) < 4.78 is 6.00. The minimum atomic E-state index is -0.730. The van der Waals surface area contributed by atoms with Crippen LogP contribution in [0.2, 0.25) is 0 Å². The number of aliphatic hydroxyl groups is 1. The molecule has 1 aromatic rings. The van der Waals surface area contributed by atoms with Crippen LogP contribution in [0.15, 0.2) is 30.3 Å². The van der Waals surface area contributed by atoms with Crippen molar-refractivity contribution in [3.63, 3.8) is 0 Å². The van der Waals surface area contributed by atoms with Crippen molar-refractivity contribution < 1.29 is 29.0 Å². The van der Waals surface area contributed by atoms with E-state index in [1.165, 1.54) is 11.8 Å². The molecule has 0 aromatic heterocycles. The largest absolute Gasteiger partial charge is 0.396 e. The first kappa shape index (κ1) is 44.5. The zero-order chi connectivity index (χ0) is 38.2. The third-order valence-electron chi connectivity index (χ3n) is 10.2. The summed E-state index contributed by atoms with van der Waals surface area (Å²) >= 11 is 1.53. The van der Waals surface area contributed by atoms with Crippen LogP contribution in [-0.4, -0.2) is 126 Å². The number of carbonyl (C=O) groups excluding carboxylic acids is 4. The van der Waals surface area contributed by atoms with Gasteiger partial charge in [-0.05, 0) is 56.7 Å².